The lowest BCUT2D eigenvalue weighted by Crippen LogP contribution is -2.39. The summed E-state index contributed by atoms with van der Waals surface area (Å²) in [6, 6.07) is 0. The Morgan fingerprint density at radius 2 is 1.67 bits per heavy atom. The van der Waals surface area contributed by atoms with Crippen molar-refractivity contribution in [3.63, 3.8) is 0 Å². The Labute approximate surface area is 76.8 Å². The van der Waals surface area contributed by atoms with Crippen molar-refractivity contribution in [2.45, 2.75) is 6.92 Å². The SMILES string of the molecule is CC(=S)OCC(CO)(CO)CO. The van der Waals surface area contributed by atoms with Crippen LogP contribution in [-0.2, 0) is 4.74 Å². The lowest BCUT2D eigenvalue weighted by molar-refractivity contribution is -0.0283. The molecule has 4 nitrogen and oxygen atoms in total. The van der Waals surface area contributed by atoms with Gasteiger partial charge in [0, 0.05) is 6.92 Å². The van der Waals surface area contributed by atoms with Gasteiger partial charge in [-0.05, 0) is 12.2 Å². The van der Waals surface area contributed by atoms with Crippen molar-refractivity contribution in [2.24, 2.45) is 5.41 Å². The van der Waals surface area contributed by atoms with E-state index in [9.17, 15) is 0 Å². The molecule has 0 radical (unpaired) electrons. The number of hydrogen-bond acceptors (Lipinski definition) is 5. The average molecular weight is 194 g/mol. The van der Waals surface area contributed by atoms with Gasteiger partial charge < -0.3 is 20.1 Å². The molecule has 0 rings (SSSR count). The number of rotatable bonds is 5. The predicted molar refractivity (Wildman–Crippen MR) is 47.9 cm³/mol. The summed E-state index contributed by atoms with van der Waals surface area (Å²) >= 11 is 4.64. The molecule has 0 unspecified atom stereocenters. The highest BCUT2D eigenvalue weighted by Crippen LogP contribution is 2.14. The van der Waals surface area contributed by atoms with Crippen molar-refractivity contribution in [3.8, 4) is 0 Å². The van der Waals surface area contributed by atoms with Crippen molar-refractivity contribution in [3.05, 3.63) is 0 Å². The first-order valence-corrected chi connectivity index (χ1v) is 3.97. The minimum atomic E-state index is -0.986. The van der Waals surface area contributed by atoms with E-state index in [0.29, 0.717) is 5.05 Å². The Bertz CT molecular complexity index is 136. The topological polar surface area (TPSA) is 69.9 Å². The molecule has 0 bridgehead atoms. The third-order valence-corrected chi connectivity index (χ3v) is 1.71. The Morgan fingerprint density at radius 3 is 1.92 bits per heavy atom. The summed E-state index contributed by atoms with van der Waals surface area (Å²) < 4.78 is 4.93. The van der Waals surface area contributed by atoms with Gasteiger partial charge in [-0.3, -0.25) is 0 Å². The van der Waals surface area contributed by atoms with Crippen LogP contribution in [0.3, 0.4) is 0 Å². The molecule has 0 amide bonds. The molecule has 0 saturated carbocycles. The molecule has 0 aromatic heterocycles. The van der Waals surface area contributed by atoms with Crippen LogP contribution in [0.25, 0.3) is 0 Å². The van der Waals surface area contributed by atoms with Crippen molar-refractivity contribution >= 4 is 17.3 Å². The van der Waals surface area contributed by atoms with Gasteiger partial charge in [-0.1, -0.05) is 0 Å². The average Bonchev–Trinajstić information content (AvgIpc) is 2.08. The maximum absolute atomic E-state index is 8.85. The van der Waals surface area contributed by atoms with Gasteiger partial charge in [-0.25, -0.2) is 0 Å². The van der Waals surface area contributed by atoms with Crippen LogP contribution in [0.1, 0.15) is 6.92 Å². The van der Waals surface area contributed by atoms with E-state index in [0.717, 1.165) is 0 Å². The normalized spacial score (nSPS) is 11.3. The monoisotopic (exact) mass is 194 g/mol. The molecule has 3 N–H and O–H groups in total. The smallest absolute Gasteiger partial charge is 0.156 e. The van der Waals surface area contributed by atoms with E-state index < -0.39 is 5.41 Å². The second-order valence-corrected chi connectivity index (χ2v) is 3.33. The van der Waals surface area contributed by atoms with E-state index in [2.05, 4.69) is 12.2 Å². The van der Waals surface area contributed by atoms with Gasteiger partial charge in [0.1, 0.15) is 6.61 Å². The number of hydrogen-bond donors (Lipinski definition) is 3. The second-order valence-electron chi connectivity index (χ2n) is 2.75. The fraction of sp³-hybridized carbons (Fsp3) is 0.857. The van der Waals surface area contributed by atoms with E-state index in [-0.39, 0.29) is 26.4 Å². The summed E-state index contributed by atoms with van der Waals surface area (Å²) in [5, 5.41) is 26.9. The molecule has 0 aliphatic heterocycles. The quantitative estimate of drug-likeness (QED) is 0.506. The summed E-state index contributed by atoms with van der Waals surface area (Å²) in [4.78, 5) is 0. The molecule has 0 atom stereocenters. The third-order valence-electron chi connectivity index (χ3n) is 1.59. The van der Waals surface area contributed by atoms with Crippen LogP contribution in [-0.4, -0.2) is 46.8 Å². The van der Waals surface area contributed by atoms with Crippen LogP contribution in [0.2, 0.25) is 0 Å². The van der Waals surface area contributed by atoms with E-state index in [4.69, 9.17) is 20.1 Å². The Morgan fingerprint density at radius 1 is 1.25 bits per heavy atom. The maximum Gasteiger partial charge on any atom is 0.156 e. The standard InChI is InChI=1S/C7H14O4S/c1-6(12)11-5-7(2-8,3-9)4-10/h8-10H,2-5H2,1H3. The minimum absolute atomic E-state index is 0.0336. The minimum Gasteiger partial charge on any atom is -0.487 e. The lowest BCUT2D eigenvalue weighted by Gasteiger charge is -2.26. The molecule has 0 spiro atoms. The van der Waals surface area contributed by atoms with Crippen LogP contribution in [0.4, 0.5) is 0 Å². The summed E-state index contributed by atoms with van der Waals surface area (Å²) in [5.41, 5.74) is -0.986. The fourth-order valence-electron chi connectivity index (χ4n) is 0.542. The van der Waals surface area contributed by atoms with E-state index >= 15 is 0 Å². The number of thiocarbonyl (C=S) groups is 1. The van der Waals surface area contributed by atoms with Gasteiger partial charge in [0.05, 0.1) is 25.2 Å². The van der Waals surface area contributed by atoms with Crippen LogP contribution in [0, 0.1) is 5.41 Å². The Hall–Kier alpha value is -0.230. The summed E-state index contributed by atoms with van der Waals surface area (Å²) in [5.74, 6) is 0. The summed E-state index contributed by atoms with van der Waals surface area (Å²) in [7, 11) is 0. The first-order chi connectivity index (χ1) is 5.60. The number of aliphatic hydroxyl groups is 3. The highest BCUT2D eigenvalue weighted by Gasteiger charge is 2.29. The highest BCUT2D eigenvalue weighted by atomic mass is 32.1. The van der Waals surface area contributed by atoms with Gasteiger partial charge in [-0.15, -0.1) is 0 Å². The van der Waals surface area contributed by atoms with E-state index in [1.807, 2.05) is 0 Å². The van der Waals surface area contributed by atoms with Gasteiger partial charge in [-0.2, -0.15) is 0 Å². The summed E-state index contributed by atoms with van der Waals surface area (Å²) in [6.07, 6.45) is 0. The summed E-state index contributed by atoms with van der Waals surface area (Å²) in [6.45, 7) is 0.631. The largest absolute Gasteiger partial charge is 0.487 e. The maximum atomic E-state index is 8.85. The van der Waals surface area contributed by atoms with Crippen molar-refractivity contribution in [2.75, 3.05) is 26.4 Å². The van der Waals surface area contributed by atoms with Crippen LogP contribution >= 0.6 is 12.2 Å². The highest BCUT2D eigenvalue weighted by molar-refractivity contribution is 7.80. The van der Waals surface area contributed by atoms with E-state index in [1.54, 1.807) is 6.92 Å². The van der Waals surface area contributed by atoms with Gasteiger partial charge in [0.25, 0.3) is 0 Å². The molecule has 0 aliphatic rings. The molecule has 0 aliphatic carbocycles. The predicted octanol–water partition coefficient (Wildman–Crippen LogP) is -0.686. The zero-order valence-corrected chi connectivity index (χ0v) is 7.80. The van der Waals surface area contributed by atoms with E-state index in [1.165, 1.54) is 0 Å². The van der Waals surface area contributed by atoms with Crippen molar-refractivity contribution in [1.82, 2.24) is 0 Å². The molecule has 0 saturated heterocycles. The molecular weight excluding hydrogens is 180 g/mol. The Balaban J connectivity index is 4.01. The van der Waals surface area contributed by atoms with Crippen LogP contribution < -0.4 is 0 Å². The third kappa shape index (κ3) is 3.44. The first-order valence-electron chi connectivity index (χ1n) is 3.56. The molecule has 5 heteroatoms. The van der Waals surface area contributed by atoms with Gasteiger partial charge in [0.2, 0.25) is 0 Å². The van der Waals surface area contributed by atoms with Crippen molar-refractivity contribution in [1.29, 1.82) is 0 Å². The van der Waals surface area contributed by atoms with Gasteiger partial charge >= 0.3 is 0 Å². The number of aliphatic hydroxyl groups excluding tert-OH is 3. The van der Waals surface area contributed by atoms with Crippen LogP contribution in [0.5, 0.6) is 0 Å². The molecule has 0 fully saturated rings. The Kier molecular flexibility index (Phi) is 5.32. The van der Waals surface area contributed by atoms with Gasteiger partial charge in [0.15, 0.2) is 5.05 Å². The van der Waals surface area contributed by atoms with Crippen molar-refractivity contribution < 1.29 is 20.1 Å². The molecule has 0 aromatic rings. The zero-order chi connectivity index (χ0) is 9.61. The molecule has 12 heavy (non-hydrogen) atoms. The molecular formula is C7H14O4S. The second kappa shape index (κ2) is 5.42. The zero-order valence-electron chi connectivity index (χ0n) is 6.99. The first kappa shape index (κ1) is 11.8. The fourth-order valence-corrected chi connectivity index (χ4v) is 0.601. The molecule has 0 heterocycles. The molecule has 0 aromatic carbocycles. The lowest BCUT2D eigenvalue weighted by atomic mass is 9.93. The molecule has 72 valence electrons. The number of ether oxygens (including phenoxy) is 1. The van der Waals surface area contributed by atoms with Crippen LogP contribution in [0.15, 0.2) is 0 Å².